The molecule has 1 aliphatic rings. The summed E-state index contributed by atoms with van der Waals surface area (Å²) in [4.78, 5) is 4.55. The van der Waals surface area contributed by atoms with E-state index in [-0.39, 0.29) is 0 Å². The Morgan fingerprint density at radius 1 is 1.42 bits per heavy atom. The highest BCUT2D eigenvalue weighted by Gasteiger charge is 2.17. The molecule has 0 bridgehead atoms. The lowest BCUT2D eigenvalue weighted by Gasteiger charge is -2.22. The Kier molecular flexibility index (Phi) is 6.14. The third-order valence-electron chi connectivity index (χ3n) is 3.16. The number of rotatable bonds is 6. The third kappa shape index (κ3) is 5.13. The zero-order chi connectivity index (χ0) is 13.5. The highest BCUT2D eigenvalue weighted by Crippen LogP contribution is 2.30. The molecule has 1 saturated heterocycles. The number of nitrogens with zero attached hydrogens (tertiary/aromatic N) is 1. The van der Waals surface area contributed by atoms with Gasteiger partial charge in [0, 0.05) is 31.2 Å². The molecule has 0 saturated carbocycles. The molecule has 0 radical (unpaired) electrons. The normalized spacial score (nSPS) is 17.0. The molecule has 0 amide bonds. The molecule has 2 rings (SSSR count). The van der Waals surface area contributed by atoms with Crippen LogP contribution in [0.1, 0.15) is 32.3 Å². The van der Waals surface area contributed by atoms with Gasteiger partial charge in [-0.05, 0) is 36.9 Å². The molecule has 0 atom stereocenters. The second kappa shape index (κ2) is 7.88. The minimum Gasteiger partial charge on any atom is -0.381 e. The van der Waals surface area contributed by atoms with Crippen LogP contribution in [0.5, 0.6) is 0 Å². The van der Waals surface area contributed by atoms with E-state index in [1.54, 1.807) is 0 Å². The van der Waals surface area contributed by atoms with Crippen molar-refractivity contribution in [3.63, 3.8) is 0 Å². The second-order valence-electron chi connectivity index (χ2n) is 5.42. The number of ether oxygens (including phenoxy) is 1. The quantitative estimate of drug-likeness (QED) is 0.868. The van der Waals surface area contributed by atoms with Crippen LogP contribution in [0.15, 0.2) is 23.4 Å². The van der Waals surface area contributed by atoms with Crippen LogP contribution in [-0.4, -0.2) is 30.0 Å². The lowest BCUT2D eigenvalue weighted by molar-refractivity contribution is 0.1000. The Morgan fingerprint density at radius 2 is 2.21 bits per heavy atom. The first-order valence-electron chi connectivity index (χ1n) is 7.14. The van der Waals surface area contributed by atoms with E-state index >= 15 is 0 Å². The summed E-state index contributed by atoms with van der Waals surface area (Å²) < 4.78 is 5.41. The van der Waals surface area contributed by atoms with Crippen molar-refractivity contribution in [1.29, 1.82) is 0 Å². The van der Waals surface area contributed by atoms with E-state index in [1.807, 2.05) is 24.0 Å². The minimum absolute atomic E-state index is 0.660. The highest BCUT2D eigenvalue weighted by molar-refractivity contribution is 7.99. The van der Waals surface area contributed by atoms with Crippen LogP contribution in [0.4, 0.5) is 0 Å². The van der Waals surface area contributed by atoms with Crippen LogP contribution < -0.4 is 5.32 Å². The molecule has 1 aromatic heterocycles. The van der Waals surface area contributed by atoms with Gasteiger partial charge in [-0.15, -0.1) is 11.8 Å². The fourth-order valence-electron chi connectivity index (χ4n) is 2.11. The average Bonchev–Trinajstić information content (AvgIpc) is 2.41. The molecule has 1 fully saturated rings. The van der Waals surface area contributed by atoms with Crippen LogP contribution in [0.2, 0.25) is 0 Å². The van der Waals surface area contributed by atoms with Gasteiger partial charge in [-0.1, -0.05) is 19.9 Å². The van der Waals surface area contributed by atoms with E-state index in [9.17, 15) is 0 Å². The standard InChI is InChI=1S/C15H24N2OS/c1-12(2)10-16-11-13-4-3-7-17-15(13)19-14-5-8-18-9-6-14/h3-4,7,12,14,16H,5-6,8-11H2,1-2H3. The topological polar surface area (TPSA) is 34.2 Å². The summed E-state index contributed by atoms with van der Waals surface area (Å²) in [6, 6.07) is 4.21. The summed E-state index contributed by atoms with van der Waals surface area (Å²) in [5.74, 6) is 0.684. The molecule has 0 aromatic carbocycles. The summed E-state index contributed by atoms with van der Waals surface area (Å²) in [6.07, 6.45) is 4.17. The zero-order valence-corrected chi connectivity index (χ0v) is 12.7. The van der Waals surface area contributed by atoms with Gasteiger partial charge in [-0.2, -0.15) is 0 Å². The maximum Gasteiger partial charge on any atom is 0.101 e. The number of pyridine rings is 1. The monoisotopic (exact) mass is 280 g/mol. The maximum absolute atomic E-state index is 5.41. The minimum atomic E-state index is 0.660. The molecular weight excluding hydrogens is 256 g/mol. The van der Waals surface area contributed by atoms with Gasteiger partial charge in [0.25, 0.3) is 0 Å². The Hall–Kier alpha value is -0.580. The van der Waals surface area contributed by atoms with Crippen molar-refractivity contribution in [3.8, 4) is 0 Å². The SMILES string of the molecule is CC(C)CNCc1cccnc1SC1CCOCC1. The fraction of sp³-hybridized carbons (Fsp3) is 0.667. The van der Waals surface area contributed by atoms with Crippen molar-refractivity contribution in [1.82, 2.24) is 10.3 Å². The molecule has 4 heteroatoms. The largest absolute Gasteiger partial charge is 0.381 e. The molecule has 1 aromatic rings. The van der Waals surface area contributed by atoms with Crippen molar-refractivity contribution in [2.45, 2.75) is 43.5 Å². The van der Waals surface area contributed by atoms with Gasteiger partial charge < -0.3 is 10.1 Å². The summed E-state index contributed by atoms with van der Waals surface area (Å²) in [5.41, 5.74) is 1.32. The molecular formula is C15H24N2OS. The van der Waals surface area contributed by atoms with Crippen molar-refractivity contribution in [2.24, 2.45) is 5.92 Å². The first-order valence-corrected chi connectivity index (χ1v) is 8.02. The Morgan fingerprint density at radius 3 is 2.95 bits per heavy atom. The molecule has 0 unspecified atom stereocenters. The molecule has 1 aliphatic heterocycles. The van der Waals surface area contributed by atoms with E-state index in [0.717, 1.165) is 39.1 Å². The first-order chi connectivity index (χ1) is 9.25. The van der Waals surface area contributed by atoms with Crippen molar-refractivity contribution >= 4 is 11.8 Å². The third-order valence-corrected chi connectivity index (χ3v) is 4.56. The second-order valence-corrected chi connectivity index (χ2v) is 6.71. The Bertz CT molecular complexity index is 378. The lowest BCUT2D eigenvalue weighted by atomic mass is 10.2. The van der Waals surface area contributed by atoms with Gasteiger partial charge in [0.15, 0.2) is 0 Å². The number of aromatic nitrogens is 1. The van der Waals surface area contributed by atoms with Crippen molar-refractivity contribution in [2.75, 3.05) is 19.8 Å². The molecule has 106 valence electrons. The van der Waals surface area contributed by atoms with Gasteiger partial charge in [0.2, 0.25) is 0 Å². The van der Waals surface area contributed by atoms with Crippen LogP contribution >= 0.6 is 11.8 Å². The fourth-order valence-corrected chi connectivity index (χ4v) is 3.27. The van der Waals surface area contributed by atoms with Crippen LogP contribution in [-0.2, 0) is 11.3 Å². The van der Waals surface area contributed by atoms with Gasteiger partial charge in [-0.3, -0.25) is 0 Å². The van der Waals surface area contributed by atoms with Gasteiger partial charge in [0.1, 0.15) is 5.03 Å². The molecule has 0 spiro atoms. The average molecular weight is 280 g/mol. The van der Waals surface area contributed by atoms with E-state index < -0.39 is 0 Å². The van der Waals surface area contributed by atoms with Crippen molar-refractivity contribution < 1.29 is 4.74 Å². The molecule has 3 nitrogen and oxygen atoms in total. The number of hydrogen-bond donors (Lipinski definition) is 1. The molecule has 2 heterocycles. The predicted molar refractivity (Wildman–Crippen MR) is 80.5 cm³/mol. The van der Waals surface area contributed by atoms with E-state index in [4.69, 9.17) is 4.74 Å². The highest BCUT2D eigenvalue weighted by atomic mass is 32.2. The lowest BCUT2D eigenvalue weighted by Crippen LogP contribution is -2.20. The van der Waals surface area contributed by atoms with Crippen LogP contribution in [0, 0.1) is 5.92 Å². The van der Waals surface area contributed by atoms with Crippen LogP contribution in [0.3, 0.4) is 0 Å². The summed E-state index contributed by atoms with van der Waals surface area (Å²) >= 11 is 1.92. The summed E-state index contributed by atoms with van der Waals surface area (Å²) in [6.45, 7) is 8.21. The van der Waals surface area contributed by atoms with Crippen LogP contribution in [0.25, 0.3) is 0 Å². The van der Waals surface area contributed by atoms with Gasteiger partial charge >= 0.3 is 0 Å². The number of nitrogens with one attached hydrogen (secondary N) is 1. The van der Waals surface area contributed by atoms with Gasteiger partial charge in [0.05, 0.1) is 0 Å². The Balaban J connectivity index is 1.91. The predicted octanol–water partition coefficient (Wildman–Crippen LogP) is 3.10. The number of thioether (sulfide) groups is 1. The Labute approximate surface area is 120 Å². The molecule has 1 N–H and O–H groups in total. The smallest absolute Gasteiger partial charge is 0.101 e. The van der Waals surface area contributed by atoms with E-state index in [0.29, 0.717) is 11.2 Å². The van der Waals surface area contributed by atoms with Crippen molar-refractivity contribution in [3.05, 3.63) is 23.9 Å². The zero-order valence-electron chi connectivity index (χ0n) is 11.9. The molecule has 19 heavy (non-hydrogen) atoms. The number of hydrogen-bond acceptors (Lipinski definition) is 4. The van der Waals surface area contributed by atoms with Gasteiger partial charge in [-0.25, -0.2) is 4.98 Å². The van der Waals surface area contributed by atoms with E-state index in [2.05, 4.69) is 30.2 Å². The maximum atomic E-state index is 5.41. The van der Waals surface area contributed by atoms with E-state index in [1.165, 1.54) is 10.6 Å². The first kappa shape index (κ1) is 14.8. The molecule has 0 aliphatic carbocycles. The summed E-state index contributed by atoms with van der Waals surface area (Å²) in [7, 11) is 0. The summed E-state index contributed by atoms with van der Waals surface area (Å²) in [5, 5.41) is 5.35.